The number of carbonyl (C=O) groups is 1. The minimum atomic E-state index is -6.00. The summed E-state index contributed by atoms with van der Waals surface area (Å²) in [6.45, 7) is 1.44. The van der Waals surface area contributed by atoms with E-state index in [1.54, 1.807) is 12.1 Å². The van der Waals surface area contributed by atoms with E-state index in [0.717, 1.165) is 0 Å². The van der Waals surface area contributed by atoms with Crippen molar-refractivity contribution in [2.24, 2.45) is 0 Å². The summed E-state index contributed by atoms with van der Waals surface area (Å²) < 4.78 is 39.0. The molecular weight excluding hydrogens is 229 g/mol. The van der Waals surface area contributed by atoms with E-state index >= 15 is 0 Å². The molecule has 0 aliphatic carbocycles. The summed E-state index contributed by atoms with van der Waals surface area (Å²) in [6.07, 6.45) is 0. The summed E-state index contributed by atoms with van der Waals surface area (Å²) in [4.78, 5) is 10.5. The van der Waals surface area contributed by atoms with Crippen molar-refractivity contribution in [2.45, 2.75) is 6.92 Å². The highest BCUT2D eigenvalue weighted by atomic mass is 19.5. The van der Waals surface area contributed by atoms with E-state index in [9.17, 15) is 22.1 Å². The number of phenolic OH excluding ortho intramolecular Hbond substituents is 1. The largest absolute Gasteiger partial charge is 0.673 e. The molecule has 0 atom stereocenters. The average molecular weight is 238 g/mol. The van der Waals surface area contributed by atoms with Crippen LogP contribution in [0.3, 0.4) is 0 Å². The van der Waals surface area contributed by atoms with Crippen molar-refractivity contribution >= 4 is 18.8 Å². The second-order valence-electron chi connectivity index (χ2n) is 2.72. The summed E-state index contributed by atoms with van der Waals surface area (Å²) in [5.74, 6) is 0.0785. The number of hydrogen-bond acceptors (Lipinski definition) is 2. The van der Waals surface area contributed by atoms with Crippen LogP contribution in [0.5, 0.6) is 5.75 Å². The van der Waals surface area contributed by atoms with Gasteiger partial charge >= 0.3 is 7.25 Å². The van der Waals surface area contributed by atoms with Gasteiger partial charge in [0.05, 0.1) is 0 Å². The van der Waals surface area contributed by atoms with E-state index in [0.29, 0.717) is 5.69 Å². The van der Waals surface area contributed by atoms with Gasteiger partial charge in [0.2, 0.25) is 5.91 Å². The van der Waals surface area contributed by atoms with Crippen molar-refractivity contribution in [3.8, 4) is 5.75 Å². The molecule has 1 aromatic carbocycles. The van der Waals surface area contributed by atoms with Crippen molar-refractivity contribution in [3.63, 3.8) is 0 Å². The van der Waals surface area contributed by atoms with Gasteiger partial charge in [-0.05, 0) is 24.3 Å². The van der Waals surface area contributed by atoms with Crippen molar-refractivity contribution < 1.29 is 27.2 Å². The number of halogens is 4. The molecule has 8 heteroatoms. The average Bonchev–Trinajstić information content (AvgIpc) is 2.05. The van der Waals surface area contributed by atoms with Crippen molar-refractivity contribution in [2.75, 3.05) is 5.32 Å². The minimum Gasteiger partial charge on any atom is -0.508 e. The van der Waals surface area contributed by atoms with Crippen LogP contribution in [0.4, 0.5) is 23.0 Å². The fraction of sp³-hybridized carbons (Fsp3) is 0.125. The highest BCUT2D eigenvalue weighted by Crippen LogP contribution is 2.13. The van der Waals surface area contributed by atoms with E-state index in [1.165, 1.54) is 19.1 Å². The van der Waals surface area contributed by atoms with Gasteiger partial charge in [-0.3, -0.25) is 4.79 Å². The maximum atomic E-state index is 10.5. The number of nitrogens with one attached hydrogen (secondary N) is 1. The summed E-state index contributed by atoms with van der Waals surface area (Å²) >= 11 is 0. The molecule has 0 saturated carbocycles. The normalized spacial score (nSPS) is 10.1. The van der Waals surface area contributed by atoms with Crippen LogP contribution < -0.4 is 5.32 Å². The van der Waals surface area contributed by atoms with Crippen molar-refractivity contribution in [3.05, 3.63) is 24.3 Å². The fourth-order valence-corrected chi connectivity index (χ4v) is 0.748. The Hall–Kier alpha value is -1.73. The number of hydrogen-bond donors (Lipinski definition) is 2. The summed E-state index contributed by atoms with van der Waals surface area (Å²) in [5.41, 5.74) is 0.690. The molecule has 1 rings (SSSR count). The second kappa shape index (κ2) is 5.99. The molecule has 0 bridgehead atoms. The topological polar surface area (TPSA) is 49.3 Å². The molecule has 16 heavy (non-hydrogen) atoms. The first-order valence-corrected chi connectivity index (χ1v) is 4.12. The zero-order chi connectivity index (χ0) is 12.8. The van der Waals surface area contributed by atoms with Gasteiger partial charge in [-0.2, -0.15) is 0 Å². The Morgan fingerprint density at radius 3 is 1.88 bits per heavy atom. The summed E-state index contributed by atoms with van der Waals surface area (Å²) in [5, 5.41) is 11.5. The molecule has 0 saturated heterocycles. The Balaban J connectivity index is 0.000000385. The van der Waals surface area contributed by atoms with E-state index < -0.39 is 7.25 Å². The lowest BCUT2D eigenvalue weighted by Gasteiger charge is -1.99. The molecule has 0 unspecified atom stereocenters. The molecule has 0 spiro atoms. The van der Waals surface area contributed by atoms with Crippen molar-refractivity contribution in [1.82, 2.24) is 0 Å². The molecule has 90 valence electrons. The quantitative estimate of drug-likeness (QED) is 0.448. The molecule has 0 heterocycles. The first kappa shape index (κ1) is 14.3. The lowest BCUT2D eigenvalue weighted by molar-refractivity contribution is -0.114. The van der Waals surface area contributed by atoms with Crippen LogP contribution in [-0.2, 0) is 4.79 Å². The van der Waals surface area contributed by atoms with Gasteiger partial charge in [0, 0.05) is 12.6 Å². The fourth-order valence-electron chi connectivity index (χ4n) is 0.748. The molecule has 0 radical (unpaired) electrons. The van der Waals surface area contributed by atoms with Crippen LogP contribution >= 0.6 is 0 Å². The lowest BCUT2D eigenvalue weighted by atomic mass is 10.3. The van der Waals surface area contributed by atoms with Gasteiger partial charge in [-0.1, -0.05) is 0 Å². The molecule has 1 aromatic rings. The number of amides is 1. The molecule has 0 aromatic heterocycles. The highest BCUT2D eigenvalue weighted by Gasteiger charge is 2.20. The predicted molar refractivity (Wildman–Crippen MR) is 52.6 cm³/mol. The van der Waals surface area contributed by atoms with Gasteiger partial charge < -0.3 is 27.7 Å². The van der Waals surface area contributed by atoms with E-state index in [1.807, 2.05) is 0 Å². The monoisotopic (exact) mass is 238 g/mol. The van der Waals surface area contributed by atoms with Crippen LogP contribution in [0.25, 0.3) is 0 Å². The molecule has 1 amide bonds. The predicted octanol–water partition coefficient (Wildman–Crippen LogP) is 2.65. The Bertz CT molecular complexity index is 333. The van der Waals surface area contributed by atoms with Crippen LogP contribution in [0.1, 0.15) is 6.92 Å². The van der Waals surface area contributed by atoms with Crippen LogP contribution in [-0.4, -0.2) is 18.3 Å². The maximum absolute atomic E-state index is 10.5. The molecule has 2 N–H and O–H groups in total. The Morgan fingerprint density at radius 1 is 1.19 bits per heavy atom. The standard InChI is InChI=1S/C8H9NO2.BF4/c1-6(10)9-7-2-4-8(11)5-3-7;2-1(3,4)5/h2-5,11H,1H3,(H,9,10);/q;-1. The Kier molecular flexibility index (Phi) is 5.34. The van der Waals surface area contributed by atoms with Crippen LogP contribution in [0, 0.1) is 0 Å². The van der Waals surface area contributed by atoms with E-state index in [2.05, 4.69) is 5.32 Å². The third kappa shape index (κ3) is 10.4. The number of rotatable bonds is 1. The number of aromatic hydroxyl groups is 1. The minimum absolute atomic E-state index is 0.115. The second-order valence-corrected chi connectivity index (χ2v) is 2.72. The van der Waals surface area contributed by atoms with Crippen molar-refractivity contribution in [1.29, 1.82) is 0 Å². The van der Waals surface area contributed by atoms with Crippen LogP contribution in [0.15, 0.2) is 24.3 Å². The number of carbonyl (C=O) groups excluding carboxylic acids is 1. The van der Waals surface area contributed by atoms with Gasteiger partial charge in [0.15, 0.2) is 0 Å². The first-order chi connectivity index (χ1) is 7.18. The van der Waals surface area contributed by atoms with E-state index in [4.69, 9.17) is 5.11 Å². The third-order valence-electron chi connectivity index (χ3n) is 1.19. The molecule has 0 fully saturated rings. The van der Waals surface area contributed by atoms with Gasteiger partial charge in [0.1, 0.15) is 5.75 Å². The maximum Gasteiger partial charge on any atom is 0.673 e. The first-order valence-electron chi connectivity index (χ1n) is 4.12. The van der Waals surface area contributed by atoms with Gasteiger partial charge in [-0.25, -0.2) is 0 Å². The zero-order valence-electron chi connectivity index (χ0n) is 8.25. The van der Waals surface area contributed by atoms with Crippen LogP contribution in [0.2, 0.25) is 0 Å². The SMILES string of the molecule is CC(=O)Nc1ccc(O)cc1.F[B-](F)(F)F. The number of phenols is 1. The Labute approximate surface area is 89.2 Å². The zero-order valence-corrected chi connectivity index (χ0v) is 8.25. The third-order valence-corrected chi connectivity index (χ3v) is 1.19. The molecule has 0 aliphatic heterocycles. The lowest BCUT2D eigenvalue weighted by Crippen LogP contribution is -2.04. The van der Waals surface area contributed by atoms with Gasteiger partial charge in [0.25, 0.3) is 0 Å². The Morgan fingerprint density at radius 2 is 1.56 bits per heavy atom. The summed E-state index contributed by atoms with van der Waals surface area (Å²) in [6, 6.07) is 6.31. The smallest absolute Gasteiger partial charge is 0.508 e. The molecule has 0 aliphatic rings. The van der Waals surface area contributed by atoms with E-state index in [-0.39, 0.29) is 11.7 Å². The summed E-state index contributed by atoms with van der Waals surface area (Å²) in [7, 11) is -6.00. The molecular formula is C8H9BF4NO2-. The number of anilines is 1. The van der Waals surface area contributed by atoms with Gasteiger partial charge in [-0.15, -0.1) is 0 Å². The number of benzene rings is 1. The molecule has 3 nitrogen and oxygen atoms in total. The highest BCUT2D eigenvalue weighted by molar-refractivity contribution is 6.50.